The van der Waals surface area contributed by atoms with Gasteiger partial charge in [0.05, 0.1) is 24.7 Å². The van der Waals surface area contributed by atoms with Crippen molar-refractivity contribution in [3.8, 4) is 11.5 Å². The third-order valence-electron chi connectivity index (χ3n) is 5.01. The smallest absolute Gasteiger partial charge is 0.259 e. The van der Waals surface area contributed by atoms with Gasteiger partial charge in [-0.05, 0) is 36.4 Å². The van der Waals surface area contributed by atoms with E-state index in [1.807, 2.05) is 16.7 Å². The molecule has 2 aromatic rings. The van der Waals surface area contributed by atoms with Crippen LogP contribution in [0.2, 0.25) is 0 Å². The van der Waals surface area contributed by atoms with Crippen LogP contribution in [-0.4, -0.2) is 63.4 Å². The average Bonchev–Trinajstić information content (AvgIpc) is 2.79. The van der Waals surface area contributed by atoms with Crippen LogP contribution >= 0.6 is 11.8 Å². The van der Waals surface area contributed by atoms with Crippen LogP contribution in [0.4, 0.5) is 5.69 Å². The van der Waals surface area contributed by atoms with Crippen molar-refractivity contribution in [3.63, 3.8) is 0 Å². The second-order valence-electron chi connectivity index (χ2n) is 6.84. The summed E-state index contributed by atoms with van der Waals surface area (Å²) in [5, 5.41) is 2.00. The summed E-state index contributed by atoms with van der Waals surface area (Å²) in [5.74, 6) is 2.19. The first kappa shape index (κ1) is 23.2. The number of para-hydroxylation sites is 1. The van der Waals surface area contributed by atoms with Gasteiger partial charge in [-0.2, -0.15) is 11.8 Å². The number of benzene rings is 2. The standard InChI is InChI=1S/C22H26N2O5S2/c1-4-20(24-12-14-30-15-13-24)31(26,27)17-10-8-16(9-11-17)23-22(25)18-6-5-7-19(28-2)21(18)29-3/h4-11,20H,1,12-15H2,2-3H3,(H,23,25). The van der Waals surface area contributed by atoms with Crippen molar-refractivity contribution >= 4 is 33.2 Å². The summed E-state index contributed by atoms with van der Waals surface area (Å²) in [4.78, 5) is 14.8. The number of hydrogen-bond acceptors (Lipinski definition) is 7. The summed E-state index contributed by atoms with van der Waals surface area (Å²) >= 11 is 1.82. The predicted octanol–water partition coefficient (Wildman–Crippen LogP) is 3.29. The van der Waals surface area contributed by atoms with Crippen LogP contribution in [0.15, 0.2) is 60.0 Å². The van der Waals surface area contributed by atoms with Crippen LogP contribution in [0, 0.1) is 0 Å². The number of anilines is 1. The molecular weight excluding hydrogens is 436 g/mol. The Hall–Kier alpha value is -2.49. The highest BCUT2D eigenvalue weighted by Crippen LogP contribution is 2.31. The Morgan fingerprint density at radius 1 is 1.13 bits per heavy atom. The Balaban J connectivity index is 1.78. The van der Waals surface area contributed by atoms with E-state index in [0.29, 0.717) is 35.8 Å². The Labute approximate surface area is 187 Å². The highest BCUT2D eigenvalue weighted by Gasteiger charge is 2.31. The molecule has 7 nitrogen and oxygen atoms in total. The van der Waals surface area contributed by atoms with E-state index >= 15 is 0 Å². The third kappa shape index (κ3) is 5.06. The topological polar surface area (TPSA) is 84.9 Å². The van der Waals surface area contributed by atoms with Crippen molar-refractivity contribution in [1.82, 2.24) is 4.90 Å². The van der Waals surface area contributed by atoms with E-state index in [0.717, 1.165) is 11.5 Å². The van der Waals surface area contributed by atoms with Crippen molar-refractivity contribution in [2.24, 2.45) is 0 Å². The first-order chi connectivity index (χ1) is 14.9. The van der Waals surface area contributed by atoms with Gasteiger partial charge in [0.25, 0.3) is 5.91 Å². The fourth-order valence-corrected chi connectivity index (χ4v) is 6.02. The lowest BCUT2D eigenvalue weighted by atomic mass is 10.1. The number of amides is 1. The maximum Gasteiger partial charge on any atom is 0.259 e. The molecule has 9 heteroatoms. The number of carbonyl (C=O) groups excluding carboxylic acids is 1. The molecule has 0 saturated carbocycles. The van der Waals surface area contributed by atoms with Crippen molar-refractivity contribution < 1.29 is 22.7 Å². The molecule has 1 aliphatic rings. The van der Waals surface area contributed by atoms with Crippen molar-refractivity contribution in [2.45, 2.75) is 10.3 Å². The lowest BCUT2D eigenvalue weighted by Gasteiger charge is -2.32. The summed E-state index contributed by atoms with van der Waals surface area (Å²) in [6, 6.07) is 11.2. The van der Waals surface area contributed by atoms with Crippen LogP contribution in [-0.2, 0) is 9.84 Å². The molecule has 1 amide bonds. The summed E-state index contributed by atoms with van der Waals surface area (Å²) in [6.07, 6.45) is 1.48. The second kappa shape index (κ2) is 10.2. The van der Waals surface area contributed by atoms with Crippen LogP contribution in [0.25, 0.3) is 0 Å². The quantitative estimate of drug-likeness (QED) is 0.603. The molecule has 1 atom stereocenters. The predicted molar refractivity (Wildman–Crippen MR) is 124 cm³/mol. The third-order valence-corrected chi connectivity index (χ3v) is 8.01. The largest absolute Gasteiger partial charge is 0.493 e. The lowest BCUT2D eigenvalue weighted by Crippen LogP contribution is -2.44. The number of rotatable bonds is 8. The van der Waals surface area contributed by atoms with Gasteiger partial charge in [-0.1, -0.05) is 12.1 Å². The van der Waals surface area contributed by atoms with Gasteiger partial charge < -0.3 is 14.8 Å². The van der Waals surface area contributed by atoms with E-state index in [-0.39, 0.29) is 10.8 Å². The van der Waals surface area contributed by atoms with Gasteiger partial charge in [0, 0.05) is 30.3 Å². The number of sulfone groups is 1. The Bertz CT molecular complexity index is 1030. The molecular formula is C22H26N2O5S2. The van der Waals surface area contributed by atoms with E-state index in [4.69, 9.17) is 9.47 Å². The molecule has 1 aliphatic heterocycles. The molecule has 166 valence electrons. The van der Waals surface area contributed by atoms with Crippen molar-refractivity contribution in [1.29, 1.82) is 0 Å². The van der Waals surface area contributed by atoms with E-state index in [1.54, 1.807) is 30.3 Å². The fraction of sp³-hybridized carbons (Fsp3) is 0.318. The first-order valence-electron chi connectivity index (χ1n) is 9.73. The number of nitrogens with one attached hydrogen (secondary N) is 1. The summed E-state index contributed by atoms with van der Waals surface area (Å²) in [7, 11) is -0.657. The van der Waals surface area contributed by atoms with Gasteiger partial charge in [-0.15, -0.1) is 6.58 Å². The Kier molecular flexibility index (Phi) is 7.64. The molecule has 31 heavy (non-hydrogen) atoms. The molecule has 2 aromatic carbocycles. The van der Waals surface area contributed by atoms with E-state index < -0.39 is 15.2 Å². The summed E-state index contributed by atoms with van der Waals surface area (Å²) in [6.45, 7) is 5.15. The first-order valence-corrected chi connectivity index (χ1v) is 12.4. The minimum atomic E-state index is -3.62. The van der Waals surface area contributed by atoms with Crippen molar-refractivity contribution in [2.75, 3.05) is 44.1 Å². The molecule has 1 unspecified atom stereocenters. The number of nitrogens with zero attached hydrogens (tertiary/aromatic N) is 1. The zero-order chi connectivity index (χ0) is 22.4. The van der Waals surface area contributed by atoms with Gasteiger partial charge in [0.15, 0.2) is 21.3 Å². The molecule has 0 spiro atoms. The SMILES string of the molecule is C=CC(N1CCSCC1)S(=O)(=O)c1ccc(NC(=O)c2cccc(OC)c2OC)cc1. The molecule has 0 aliphatic carbocycles. The fourth-order valence-electron chi connectivity index (χ4n) is 3.44. The van der Waals surface area contributed by atoms with E-state index in [1.165, 1.54) is 32.4 Å². The Morgan fingerprint density at radius 2 is 1.81 bits per heavy atom. The zero-order valence-electron chi connectivity index (χ0n) is 17.5. The van der Waals surface area contributed by atoms with Crippen LogP contribution in [0.3, 0.4) is 0 Å². The number of ether oxygens (including phenoxy) is 2. The summed E-state index contributed by atoms with van der Waals surface area (Å²) < 4.78 is 36.8. The van der Waals surface area contributed by atoms with E-state index in [9.17, 15) is 13.2 Å². The average molecular weight is 463 g/mol. The highest BCUT2D eigenvalue weighted by atomic mass is 32.2. The maximum atomic E-state index is 13.1. The maximum absolute atomic E-state index is 13.1. The number of methoxy groups -OCH3 is 2. The molecule has 0 radical (unpaired) electrons. The van der Waals surface area contributed by atoms with Crippen LogP contribution in [0.1, 0.15) is 10.4 Å². The molecule has 0 bridgehead atoms. The van der Waals surface area contributed by atoms with Gasteiger partial charge in [-0.25, -0.2) is 8.42 Å². The molecule has 1 saturated heterocycles. The Morgan fingerprint density at radius 3 is 2.39 bits per heavy atom. The minimum absolute atomic E-state index is 0.188. The second-order valence-corrected chi connectivity index (χ2v) is 10.1. The van der Waals surface area contributed by atoms with Gasteiger partial charge in [-0.3, -0.25) is 9.69 Å². The van der Waals surface area contributed by atoms with Crippen LogP contribution in [0.5, 0.6) is 11.5 Å². The highest BCUT2D eigenvalue weighted by molar-refractivity contribution is 7.99. The summed E-state index contributed by atoms with van der Waals surface area (Å²) in [5.41, 5.74) is 0.784. The molecule has 0 aromatic heterocycles. The minimum Gasteiger partial charge on any atom is -0.493 e. The van der Waals surface area contributed by atoms with Crippen LogP contribution < -0.4 is 14.8 Å². The van der Waals surface area contributed by atoms with E-state index in [2.05, 4.69) is 11.9 Å². The zero-order valence-corrected chi connectivity index (χ0v) is 19.2. The monoisotopic (exact) mass is 462 g/mol. The van der Waals surface area contributed by atoms with Gasteiger partial charge >= 0.3 is 0 Å². The lowest BCUT2D eigenvalue weighted by molar-refractivity contribution is 0.102. The molecule has 1 fully saturated rings. The van der Waals surface area contributed by atoms with Gasteiger partial charge in [0.2, 0.25) is 0 Å². The number of thioether (sulfide) groups is 1. The molecule has 1 heterocycles. The number of hydrogen-bond donors (Lipinski definition) is 1. The normalized spacial score (nSPS) is 15.7. The van der Waals surface area contributed by atoms with Crippen molar-refractivity contribution in [3.05, 3.63) is 60.7 Å². The van der Waals surface area contributed by atoms with Gasteiger partial charge in [0.1, 0.15) is 5.37 Å². The molecule has 3 rings (SSSR count). The number of carbonyl (C=O) groups is 1. The molecule has 1 N–H and O–H groups in total.